The third-order valence-corrected chi connectivity index (χ3v) is 5.54. The summed E-state index contributed by atoms with van der Waals surface area (Å²) in [5.41, 5.74) is 2.59. The number of halogens is 1. The number of rotatable bonds is 8. The Hall–Kier alpha value is -3.38. The molecule has 0 aliphatic carbocycles. The van der Waals surface area contributed by atoms with Crippen LogP contribution < -0.4 is 0 Å². The molecule has 2 amide bonds. The lowest BCUT2D eigenvalue weighted by Gasteiger charge is -2.24. The summed E-state index contributed by atoms with van der Waals surface area (Å²) in [5, 5.41) is 0.570. The van der Waals surface area contributed by atoms with Gasteiger partial charge in [0.05, 0.1) is 18.4 Å². The molecule has 158 valence electrons. The number of hydrogen-bond donors (Lipinski definition) is 0. The van der Waals surface area contributed by atoms with Gasteiger partial charge in [-0.1, -0.05) is 23.7 Å². The molecule has 3 heterocycles. The predicted octanol–water partition coefficient (Wildman–Crippen LogP) is 4.17. The third-order valence-electron chi connectivity index (χ3n) is 5.29. The van der Waals surface area contributed by atoms with Crippen LogP contribution in [0.15, 0.2) is 77.3 Å². The molecule has 1 aromatic carbocycles. The summed E-state index contributed by atoms with van der Waals surface area (Å²) in [6, 6.07) is 14.4. The van der Waals surface area contributed by atoms with E-state index >= 15 is 0 Å². The zero-order valence-electron chi connectivity index (χ0n) is 17.1. The third kappa shape index (κ3) is 4.39. The molecule has 0 atom stereocenters. The molecule has 4 rings (SSSR count). The Morgan fingerprint density at radius 2 is 1.77 bits per heavy atom. The summed E-state index contributed by atoms with van der Waals surface area (Å²) in [6.45, 7) is 3.25. The normalized spacial score (nSPS) is 13.9. The number of amides is 2. The van der Waals surface area contributed by atoms with Gasteiger partial charge in [-0.15, -0.1) is 0 Å². The van der Waals surface area contributed by atoms with Crippen LogP contribution in [0.25, 0.3) is 5.57 Å². The fourth-order valence-electron chi connectivity index (χ4n) is 3.68. The Bertz CT molecular complexity index is 1090. The van der Waals surface area contributed by atoms with Gasteiger partial charge in [-0.25, -0.2) is 0 Å². The molecule has 0 fully saturated rings. The molecule has 0 spiro atoms. The number of carbonyl (C=O) groups is 2. The van der Waals surface area contributed by atoms with E-state index in [1.165, 1.54) is 11.2 Å². The molecule has 0 N–H and O–H groups in total. The van der Waals surface area contributed by atoms with Gasteiger partial charge in [0.2, 0.25) is 0 Å². The molecule has 6 nitrogen and oxygen atoms in total. The minimum atomic E-state index is -0.332. The van der Waals surface area contributed by atoms with Crippen LogP contribution in [0, 0.1) is 0 Å². The topological polar surface area (TPSA) is 66.7 Å². The summed E-state index contributed by atoms with van der Waals surface area (Å²) in [4.78, 5) is 34.1. The monoisotopic (exact) mass is 435 g/mol. The van der Waals surface area contributed by atoms with E-state index in [0.29, 0.717) is 40.7 Å². The molecule has 1 aliphatic rings. The fourth-order valence-corrected chi connectivity index (χ4v) is 3.80. The highest BCUT2D eigenvalue weighted by Gasteiger charge is 2.41. The van der Waals surface area contributed by atoms with Gasteiger partial charge in [0.1, 0.15) is 11.5 Å². The minimum absolute atomic E-state index is 0.0904. The molecule has 1 aliphatic heterocycles. The molecule has 7 heteroatoms. The summed E-state index contributed by atoms with van der Waals surface area (Å²) in [6.07, 6.45) is 5.76. The average Bonchev–Trinajstić information content (AvgIpc) is 3.39. The van der Waals surface area contributed by atoms with Gasteiger partial charge in [0, 0.05) is 30.5 Å². The smallest absolute Gasteiger partial charge is 0.278 e. The number of benzene rings is 1. The largest absolute Gasteiger partial charge is 0.467 e. The average molecular weight is 436 g/mol. The van der Waals surface area contributed by atoms with E-state index in [9.17, 15) is 9.59 Å². The number of imide groups is 1. The first kappa shape index (κ1) is 20.9. The van der Waals surface area contributed by atoms with E-state index < -0.39 is 0 Å². The maximum Gasteiger partial charge on any atom is 0.278 e. The summed E-state index contributed by atoms with van der Waals surface area (Å²) in [7, 11) is 0. The molecule has 3 aromatic rings. The van der Waals surface area contributed by atoms with Crippen molar-refractivity contribution in [3.05, 3.63) is 94.8 Å². The van der Waals surface area contributed by atoms with Crippen LogP contribution in [0.2, 0.25) is 5.02 Å². The van der Waals surface area contributed by atoms with Crippen molar-refractivity contribution >= 4 is 29.0 Å². The Morgan fingerprint density at radius 3 is 2.42 bits per heavy atom. The van der Waals surface area contributed by atoms with Gasteiger partial charge in [-0.2, -0.15) is 0 Å². The van der Waals surface area contributed by atoms with Gasteiger partial charge >= 0.3 is 0 Å². The van der Waals surface area contributed by atoms with E-state index in [0.717, 1.165) is 12.0 Å². The lowest BCUT2D eigenvalue weighted by atomic mass is 10.0. The van der Waals surface area contributed by atoms with Crippen molar-refractivity contribution in [2.45, 2.75) is 19.9 Å². The quantitative estimate of drug-likeness (QED) is 0.497. The van der Waals surface area contributed by atoms with Gasteiger partial charge in [-0.3, -0.25) is 19.5 Å². The lowest BCUT2D eigenvalue weighted by molar-refractivity contribution is -0.138. The van der Waals surface area contributed by atoms with E-state index in [4.69, 9.17) is 16.0 Å². The van der Waals surface area contributed by atoms with Crippen LogP contribution in [0.4, 0.5) is 0 Å². The molecule has 0 saturated heterocycles. The zero-order valence-corrected chi connectivity index (χ0v) is 17.9. The van der Waals surface area contributed by atoms with Crippen molar-refractivity contribution in [1.82, 2.24) is 14.8 Å². The Kier molecular flexibility index (Phi) is 6.18. The lowest BCUT2D eigenvalue weighted by Crippen LogP contribution is -2.35. The first-order valence-corrected chi connectivity index (χ1v) is 10.5. The Balaban J connectivity index is 1.69. The second kappa shape index (κ2) is 9.18. The minimum Gasteiger partial charge on any atom is -0.467 e. The van der Waals surface area contributed by atoms with Gasteiger partial charge in [-0.05, 0) is 60.9 Å². The summed E-state index contributed by atoms with van der Waals surface area (Å²) in [5.74, 6) is -0.0951. The van der Waals surface area contributed by atoms with Gasteiger partial charge in [0.15, 0.2) is 0 Å². The van der Waals surface area contributed by atoms with E-state index in [2.05, 4.69) is 4.98 Å². The molecule has 2 aromatic heterocycles. The van der Waals surface area contributed by atoms with Crippen molar-refractivity contribution < 1.29 is 14.0 Å². The van der Waals surface area contributed by atoms with Crippen LogP contribution in [0.1, 0.15) is 23.8 Å². The summed E-state index contributed by atoms with van der Waals surface area (Å²) < 4.78 is 5.37. The summed E-state index contributed by atoms with van der Waals surface area (Å²) >= 11 is 6.04. The number of pyridine rings is 1. The highest BCUT2D eigenvalue weighted by Crippen LogP contribution is 2.33. The highest BCUT2D eigenvalue weighted by atomic mass is 35.5. The van der Waals surface area contributed by atoms with Crippen LogP contribution in [-0.4, -0.2) is 39.7 Å². The van der Waals surface area contributed by atoms with Crippen LogP contribution >= 0.6 is 11.6 Å². The maximum absolute atomic E-state index is 13.4. The maximum atomic E-state index is 13.4. The van der Waals surface area contributed by atoms with Crippen LogP contribution in [0.3, 0.4) is 0 Å². The number of furan rings is 1. The molecule has 0 saturated carbocycles. The standard InChI is InChI=1S/C24H22ClN3O3/c1-2-27(14-11-17-9-12-26-13-10-17)22-21(18-5-7-19(25)8-6-18)23(29)28(24(22)30)16-20-4-3-15-31-20/h3-10,12-13,15H,2,11,14,16H2,1H3. The van der Waals surface area contributed by atoms with Crippen molar-refractivity contribution in [1.29, 1.82) is 0 Å². The van der Waals surface area contributed by atoms with Crippen molar-refractivity contribution in [3.8, 4) is 0 Å². The second-order valence-corrected chi connectivity index (χ2v) is 7.63. The highest BCUT2D eigenvalue weighted by molar-refractivity contribution is 6.35. The van der Waals surface area contributed by atoms with E-state index in [1.54, 1.807) is 48.8 Å². The van der Waals surface area contributed by atoms with E-state index in [1.807, 2.05) is 24.0 Å². The van der Waals surface area contributed by atoms with Crippen molar-refractivity contribution in [2.75, 3.05) is 13.1 Å². The fraction of sp³-hybridized carbons (Fsp3) is 0.208. The molecular formula is C24H22ClN3O3. The first-order valence-electron chi connectivity index (χ1n) is 10.1. The number of aromatic nitrogens is 1. The van der Waals surface area contributed by atoms with Gasteiger partial charge < -0.3 is 9.32 Å². The van der Waals surface area contributed by atoms with E-state index in [-0.39, 0.29) is 18.4 Å². The Morgan fingerprint density at radius 1 is 1.03 bits per heavy atom. The molecular weight excluding hydrogens is 414 g/mol. The van der Waals surface area contributed by atoms with Gasteiger partial charge in [0.25, 0.3) is 11.8 Å². The van der Waals surface area contributed by atoms with Crippen LogP contribution in [0.5, 0.6) is 0 Å². The molecule has 0 bridgehead atoms. The molecule has 31 heavy (non-hydrogen) atoms. The molecule has 0 unspecified atom stereocenters. The number of likely N-dealkylation sites (N-methyl/N-ethyl adjacent to an activating group) is 1. The second-order valence-electron chi connectivity index (χ2n) is 7.19. The molecule has 0 radical (unpaired) electrons. The first-order chi connectivity index (χ1) is 15.1. The zero-order chi connectivity index (χ0) is 21.8. The predicted molar refractivity (Wildman–Crippen MR) is 118 cm³/mol. The number of nitrogens with zero attached hydrogens (tertiary/aromatic N) is 3. The van der Waals surface area contributed by atoms with Crippen LogP contribution in [-0.2, 0) is 22.6 Å². The number of hydrogen-bond acceptors (Lipinski definition) is 5. The van der Waals surface area contributed by atoms with Crippen molar-refractivity contribution in [2.24, 2.45) is 0 Å². The Labute approximate surface area is 185 Å². The SMILES string of the molecule is CCN(CCc1ccncc1)C1=C(c2ccc(Cl)cc2)C(=O)N(Cc2ccco2)C1=O. The van der Waals surface area contributed by atoms with Crippen molar-refractivity contribution in [3.63, 3.8) is 0 Å². The number of carbonyl (C=O) groups excluding carboxylic acids is 2.